The maximum atomic E-state index is 12.0. The van der Waals surface area contributed by atoms with Gasteiger partial charge < -0.3 is 0 Å². The predicted octanol–water partition coefficient (Wildman–Crippen LogP) is 2.96. The Labute approximate surface area is 108 Å². The van der Waals surface area contributed by atoms with Crippen molar-refractivity contribution < 1.29 is 4.79 Å². The predicted molar refractivity (Wildman–Crippen MR) is 68.5 cm³/mol. The molecule has 0 unspecified atom stereocenters. The Morgan fingerprint density at radius 2 is 1.94 bits per heavy atom. The van der Waals surface area contributed by atoms with Gasteiger partial charge in [-0.1, -0.05) is 22.2 Å². The molecule has 6 heteroatoms. The number of hydrogen-bond acceptors (Lipinski definition) is 4. The summed E-state index contributed by atoms with van der Waals surface area (Å²) in [6.07, 6.45) is 0. The number of amides is 1. The summed E-state index contributed by atoms with van der Waals surface area (Å²) in [5, 5.41) is 3.79. The Morgan fingerprint density at radius 3 is 2.47 bits per heavy atom. The van der Waals surface area contributed by atoms with Gasteiger partial charge in [-0.3, -0.25) is 4.79 Å². The van der Waals surface area contributed by atoms with Crippen LogP contribution in [-0.4, -0.2) is 15.5 Å². The molecule has 0 atom stereocenters. The van der Waals surface area contributed by atoms with E-state index in [1.807, 2.05) is 19.1 Å². The summed E-state index contributed by atoms with van der Waals surface area (Å²) >= 11 is 7.05. The first-order valence-electron chi connectivity index (χ1n) is 4.95. The fourth-order valence-corrected chi connectivity index (χ4v) is 2.14. The standard InChI is InChI=1S/C11H10ClN3OS/c1-7-3-5-9(6-4-7)15(12)11(16)10-8(2)13-14-17-10/h3-6H,1-2H3. The topological polar surface area (TPSA) is 46.1 Å². The Kier molecular flexibility index (Phi) is 3.40. The summed E-state index contributed by atoms with van der Waals surface area (Å²) in [5.74, 6) is -0.303. The van der Waals surface area contributed by atoms with E-state index >= 15 is 0 Å². The molecular weight excluding hydrogens is 258 g/mol. The molecule has 0 spiro atoms. The fourth-order valence-electron chi connectivity index (χ4n) is 1.31. The molecule has 0 fully saturated rings. The first-order valence-corrected chi connectivity index (χ1v) is 6.06. The number of hydrogen-bond donors (Lipinski definition) is 0. The van der Waals surface area contributed by atoms with Gasteiger partial charge in [0.2, 0.25) is 0 Å². The van der Waals surface area contributed by atoms with Crippen LogP contribution in [0.2, 0.25) is 0 Å². The van der Waals surface area contributed by atoms with Crippen molar-refractivity contribution >= 4 is 34.9 Å². The molecule has 0 aliphatic heterocycles. The quantitative estimate of drug-likeness (QED) is 0.786. The zero-order valence-corrected chi connectivity index (χ0v) is 10.9. The SMILES string of the molecule is Cc1ccc(N(Cl)C(=O)c2snnc2C)cc1. The van der Waals surface area contributed by atoms with E-state index in [0.29, 0.717) is 16.3 Å². The van der Waals surface area contributed by atoms with Gasteiger partial charge in [0.25, 0.3) is 5.91 Å². The summed E-state index contributed by atoms with van der Waals surface area (Å²) < 4.78 is 4.80. The van der Waals surface area contributed by atoms with Crippen molar-refractivity contribution in [2.75, 3.05) is 4.42 Å². The molecular formula is C11H10ClN3OS. The Balaban J connectivity index is 2.26. The van der Waals surface area contributed by atoms with Gasteiger partial charge in [0, 0.05) is 11.8 Å². The van der Waals surface area contributed by atoms with Crippen molar-refractivity contribution in [3.8, 4) is 0 Å². The second-order valence-electron chi connectivity index (χ2n) is 3.61. The minimum atomic E-state index is -0.303. The van der Waals surface area contributed by atoms with E-state index in [2.05, 4.69) is 9.59 Å². The third-order valence-corrected chi connectivity index (χ3v) is 3.45. The molecule has 1 amide bonds. The number of halogens is 1. The highest BCUT2D eigenvalue weighted by Crippen LogP contribution is 2.22. The lowest BCUT2D eigenvalue weighted by Gasteiger charge is -2.12. The maximum absolute atomic E-state index is 12.0. The lowest BCUT2D eigenvalue weighted by molar-refractivity contribution is 0.101. The van der Waals surface area contributed by atoms with E-state index < -0.39 is 0 Å². The van der Waals surface area contributed by atoms with E-state index in [-0.39, 0.29) is 5.91 Å². The zero-order chi connectivity index (χ0) is 12.4. The van der Waals surface area contributed by atoms with E-state index in [1.54, 1.807) is 19.1 Å². The largest absolute Gasteiger partial charge is 0.286 e. The molecule has 1 aromatic heterocycles. The fraction of sp³-hybridized carbons (Fsp3) is 0.182. The van der Waals surface area contributed by atoms with Crippen LogP contribution in [0.25, 0.3) is 0 Å². The third kappa shape index (κ3) is 2.45. The van der Waals surface area contributed by atoms with Crippen molar-refractivity contribution in [2.45, 2.75) is 13.8 Å². The summed E-state index contributed by atoms with van der Waals surface area (Å²) in [6, 6.07) is 7.39. The monoisotopic (exact) mass is 267 g/mol. The number of carbonyl (C=O) groups is 1. The number of benzene rings is 1. The second kappa shape index (κ2) is 4.81. The lowest BCUT2D eigenvalue weighted by atomic mass is 10.2. The van der Waals surface area contributed by atoms with Crippen molar-refractivity contribution in [2.24, 2.45) is 0 Å². The van der Waals surface area contributed by atoms with Gasteiger partial charge in [-0.05, 0) is 37.5 Å². The average Bonchev–Trinajstić information content (AvgIpc) is 2.74. The molecule has 2 aromatic rings. The smallest absolute Gasteiger partial charge is 0.266 e. The van der Waals surface area contributed by atoms with Crippen molar-refractivity contribution in [3.05, 3.63) is 40.4 Å². The highest BCUT2D eigenvalue weighted by Gasteiger charge is 2.20. The zero-order valence-electron chi connectivity index (χ0n) is 9.35. The summed E-state index contributed by atoms with van der Waals surface area (Å²) in [5.41, 5.74) is 2.34. The van der Waals surface area contributed by atoms with Gasteiger partial charge in [0.1, 0.15) is 4.88 Å². The highest BCUT2D eigenvalue weighted by molar-refractivity contribution is 7.08. The van der Waals surface area contributed by atoms with Crippen molar-refractivity contribution in [1.82, 2.24) is 9.59 Å². The number of aryl methyl sites for hydroxylation is 2. The van der Waals surface area contributed by atoms with Crippen LogP contribution in [0.4, 0.5) is 5.69 Å². The molecule has 1 aromatic carbocycles. The van der Waals surface area contributed by atoms with Crippen LogP contribution in [0, 0.1) is 13.8 Å². The Morgan fingerprint density at radius 1 is 1.29 bits per heavy atom. The van der Waals surface area contributed by atoms with Crippen molar-refractivity contribution in [3.63, 3.8) is 0 Å². The molecule has 0 bridgehead atoms. The van der Waals surface area contributed by atoms with E-state index in [1.165, 1.54) is 0 Å². The van der Waals surface area contributed by atoms with Crippen LogP contribution in [0.5, 0.6) is 0 Å². The minimum absolute atomic E-state index is 0.303. The first kappa shape index (κ1) is 12.0. The van der Waals surface area contributed by atoms with E-state index in [4.69, 9.17) is 11.8 Å². The molecule has 88 valence electrons. The summed E-state index contributed by atoms with van der Waals surface area (Å²) in [6.45, 7) is 3.71. The molecule has 0 N–H and O–H groups in total. The summed E-state index contributed by atoms with van der Waals surface area (Å²) in [4.78, 5) is 12.5. The van der Waals surface area contributed by atoms with Crippen LogP contribution < -0.4 is 4.42 Å². The molecule has 2 rings (SSSR count). The number of anilines is 1. The van der Waals surface area contributed by atoms with Crippen LogP contribution in [0.1, 0.15) is 20.9 Å². The number of carbonyl (C=O) groups excluding carboxylic acids is 1. The average molecular weight is 268 g/mol. The van der Waals surface area contributed by atoms with Gasteiger partial charge in [-0.15, -0.1) is 5.10 Å². The molecule has 0 aliphatic rings. The van der Waals surface area contributed by atoms with Gasteiger partial charge in [-0.2, -0.15) is 0 Å². The molecule has 0 radical (unpaired) electrons. The molecule has 0 saturated heterocycles. The normalized spacial score (nSPS) is 10.3. The third-order valence-electron chi connectivity index (χ3n) is 2.28. The highest BCUT2D eigenvalue weighted by atomic mass is 35.5. The van der Waals surface area contributed by atoms with Gasteiger partial charge in [0.05, 0.1) is 11.4 Å². The van der Waals surface area contributed by atoms with Gasteiger partial charge >= 0.3 is 0 Å². The second-order valence-corrected chi connectivity index (χ2v) is 4.70. The molecule has 0 aliphatic carbocycles. The molecule has 0 saturated carbocycles. The first-order chi connectivity index (χ1) is 8.09. The number of aromatic nitrogens is 2. The Bertz CT molecular complexity index is 538. The molecule has 1 heterocycles. The van der Waals surface area contributed by atoms with Crippen LogP contribution in [0.15, 0.2) is 24.3 Å². The maximum Gasteiger partial charge on any atom is 0.286 e. The van der Waals surface area contributed by atoms with Crippen LogP contribution in [0.3, 0.4) is 0 Å². The van der Waals surface area contributed by atoms with Crippen LogP contribution >= 0.6 is 23.3 Å². The van der Waals surface area contributed by atoms with Gasteiger partial charge in [0.15, 0.2) is 0 Å². The number of nitrogens with zero attached hydrogens (tertiary/aromatic N) is 3. The van der Waals surface area contributed by atoms with Crippen LogP contribution in [-0.2, 0) is 0 Å². The van der Waals surface area contributed by atoms with E-state index in [0.717, 1.165) is 21.5 Å². The Hall–Kier alpha value is -1.46. The molecule has 17 heavy (non-hydrogen) atoms. The lowest BCUT2D eigenvalue weighted by Crippen LogP contribution is -2.20. The minimum Gasteiger partial charge on any atom is -0.266 e. The van der Waals surface area contributed by atoms with Crippen molar-refractivity contribution in [1.29, 1.82) is 0 Å². The molecule has 4 nitrogen and oxygen atoms in total. The number of rotatable bonds is 2. The van der Waals surface area contributed by atoms with E-state index in [9.17, 15) is 4.79 Å². The summed E-state index contributed by atoms with van der Waals surface area (Å²) in [7, 11) is 0. The van der Waals surface area contributed by atoms with Gasteiger partial charge in [-0.25, -0.2) is 4.42 Å².